The van der Waals surface area contributed by atoms with Crippen LogP contribution >= 0.6 is 0 Å². The van der Waals surface area contributed by atoms with Gasteiger partial charge in [-0.25, -0.2) is 0 Å². The average Bonchev–Trinajstić information content (AvgIpc) is 2.78. The van der Waals surface area contributed by atoms with Crippen LogP contribution in [-0.2, 0) is 0 Å². The van der Waals surface area contributed by atoms with E-state index >= 15 is 0 Å². The van der Waals surface area contributed by atoms with Gasteiger partial charge in [-0.05, 0) is 106 Å². The first kappa shape index (κ1) is 22.4. The molecule has 2 heteroatoms. The molecule has 0 bridgehead atoms. The molecule has 0 heterocycles. The Kier molecular flexibility index (Phi) is 9.57. The zero-order valence-electron chi connectivity index (χ0n) is 18.5. The molecule has 0 radical (unpaired) electrons. The van der Waals surface area contributed by atoms with Gasteiger partial charge in [0.2, 0.25) is 0 Å². The largest absolute Gasteiger partial charge is 0.494 e. The van der Waals surface area contributed by atoms with Gasteiger partial charge in [0.15, 0.2) is 0 Å². The third-order valence-corrected chi connectivity index (χ3v) is 7.31. The van der Waals surface area contributed by atoms with Crippen LogP contribution in [0, 0.1) is 17.8 Å². The molecule has 0 aromatic heterocycles. The number of unbranched alkanes of at least 4 members (excludes halogenated alkanes) is 2. The van der Waals surface area contributed by atoms with Gasteiger partial charge in [0.05, 0.1) is 13.3 Å². The Hall–Kier alpha value is -1.31. The second-order valence-electron chi connectivity index (χ2n) is 9.32. The molecule has 2 fully saturated rings. The molecule has 2 saturated carbocycles. The van der Waals surface area contributed by atoms with Crippen LogP contribution in [0.3, 0.4) is 0 Å². The smallest absolute Gasteiger partial charge is 0.119 e. The number of hydrogen-bond acceptors (Lipinski definition) is 1. The second-order valence-corrected chi connectivity index (χ2v) is 9.32. The van der Waals surface area contributed by atoms with E-state index < -0.39 is 0 Å². The van der Waals surface area contributed by atoms with Gasteiger partial charge in [-0.1, -0.05) is 44.1 Å². The molecule has 2 aliphatic rings. The maximum absolute atomic E-state index is 12.2. The fraction of sp³-hybridized carbons (Fsp3) is 0.704. The normalized spacial score (nSPS) is 27.9. The van der Waals surface area contributed by atoms with Crippen molar-refractivity contribution < 1.29 is 9.13 Å². The molecule has 29 heavy (non-hydrogen) atoms. The van der Waals surface area contributed by atoms with Gasteiger partial charge in [0.1, 0.15) is 5.75 Å². The van der Waals surface area contributed by atoms with E-state index in [1.807, 2.05) is 0 Å². The molecular weight excluding hydrogens is 359 g/mol. The Bertz CT molecular complexity index is 577. The Morgan fingerprint density at radius 3 is 2.17 bits per heavy atom. The standard InChI is InChI=1S/C27H41FO/c1-2-3-6-21-29-27-18-16-26(17-19-27)25-14-12-24(13-15-25)23-10-8-22(9-11-23)7-4-5-20-28/h4,7,16-19,22-25H,2-3,5-6,8-15,20-21H2,1H3/t22-,23-,24-,25-. The summed E-state index contributed by atoms with van der Waals surface area (Å²) in [7, 11) is 0. The Morgan fingerprint density at radius 1 is 0.897 bits per heavy atom. The molecule has 1 aromatic rings. The number of alkyl halides is 1. The fourth-order valence-corrected chi connectivity index (χ4v) is 5.46. The molecule has 0 N–H and O–H groups in total. The van der Waals surface area contributed by atoms with Crippen LogP contribution in [0.4, 0.5) is 4.39 Å². The number of allylic oxidation sites excluding steroid dienone is 2. The number of hydrogen-bond donors (Lipinski definition) is 0. The number of rotatable bonds is 10. The van der Waals surface area contributed by atoms with Crippen LogP contribution in [0.2, 0.25) is 0 Å². The van der Waals surface area contributed by atoms with Gasteiger partial charge >= 0.3 is 0 Å². The summed E-state index contributed by atoms with van der Waals surface area (Å²) in [5.41, 5.74) is 1.51. The summed E-state index contributed by atoms with van der Waals surface area (Å²) in [4.78, 5) is 0. The van der Waals surface area contributed by atoms with E-state index in [-0.39, 0.29) is 6.67 Å². The third kappa shape index (κ3) is 7.15. The highest BCUT2D eigenvalue weighted by atomic mass is 19.1. The summed E-state index contributed by atoms with van der Waals surface area (Å²) >= 11 is 0. The van der Waals surface area contributed by atoms with Crippen molar-refractivity contribution in [1.29, 1.82) is 0 Å². The van der Waals surface area contributed by atoms with Crippen molar-refractivity contribution in [3.63, 3.8) is 0 Å². The van der Waals surface area contributed by atoms with Crippen molar-refractivity contribution in [3.05, 3.63) is 42.0 Å². The van der Waals surface area contributed by atoms with E-state index in [0.717, 1.165) is 36.5 Å². The van der Waals surface area contributed by atoms with Gasteiger partial charge in [-0.2, -0.15) is 0 Å². The molecule has 1 nitrogen and oxygen atoms in total. The molecule has 2 aliphatic carbocycles. The van der Waals surface area contributed by atoms with Gasteiger partial charge in [-0.3, -0.25) is 4.39 Å². The number of halogens is 1. The van der Waals surface area contributed by atoms with Crippen molar-refractivity contribution in [3.8, 4) is 5.75 Å². The van der Waals surface area contributed by atoms with E-state index in [9.17, 15) is 4.39 Å². The minimum Gasteiger partial charge on any atom is -0.494 e. The summed E-state index contributed by atoms with van der Waals surface area (Å²) in [5.74, 6) is 4.33. The summed E-state index contributed by atoms with van der Waals surface area (Å²) in [6.45, 7) is 2.85. The molecule has 0 atom stereocenters. The lowest BCUT2D eigenvalue weighted by Crippen LogP contribution is -2.25. The average molecular weight is 401 g/mol. The van der Waals surface area contributed by atoms with Crippen LogP contribution in [-0.4, -0.2) is 13.3 Å². The van der Waals surface area contributed by atoms with Crippen molar-refractivity contribution in [1.82, 2.24) is 0 Å². The first-order valence-corrected chi connectivity index (χ1v) is 12.3. The van der Waals surface area contributed by atoms with Crippen LogP contribution in [0.25, 0.3) is 0 Å². The zero-order valence-corrected chi connectivity index (χ0v) is 18.5. The zero-order chi connectivity index (χ0) is 20.3. The Labute approximate surface area is 178 Å². The minimum atomic E-state index is -0.218. The Morgan fingerprint density at radius 2 is 1.55 bits per heavy atom. The quantitative estimate of drug-likeness (QED) is 0.284. The van der Waals surface area contributed by atoms with Crippen LogP contribution in [0.15, 0.2) is 36.4 Å². The molecule has 162 valence electrons. The maximum Gasteiger partial charge on any atom is 0.119 e. The highest BCUT2D eigenvalue weighted by Gasteiger charge is 2.30. The highest BCUT2D eigenvalue weighted by Crippen LogP contribution is 2.44. The summed E-state index contributed by atoms with van der Waals surface area (Å²) < 4.78 is 18.1. The molecule has 0 saturated heterocycles. The molecule has 0 spiro atoms. The lowest BCUT2D eigenvalue weighted by molar-refractivity contribution is 0.171. The third-order valence-electron chi connectivity index (χ3n) is 7.31. The topological polar surface area (TPSA) is 9.23 Å². The van der Waals surface area contributed by atoms with E-state index in [0.29, 0.717) is 12.3 Å². The van der Waals surface area contributed by atoms with E-state index in [4.69, 9.17) is 4.74 Å². The predicted molar refractivity (Wildman–Crippen MR) is 121 cm³/mol. The molecule has 0 amide bonds. The van der Waals surface area contributed by atoms with Crippen molar-refractivity contribution in [2.75, 3.05) is 13.3 Å². The first-order chi connectivity index (χ1) is 14.3. The van der Waals surface area contributed by atoms with E-state index in [2.05, 4.69) is 43.3 Å². The van der Waals surface area contributed by atoms with Crippen molar-refractivity contribution >= 4 is 0 Å². The molecular formula is C27H41FO. The molecule has 3 rings (SSSR count). The lowest BCUT2D eigenvalue weighted by atomic mass is 9.68. The molecule has 0 unspecified atom stereocenters. The SMILES string of the molecule is CCCCCOc1ccc([C@H]2CC[C@H]([C@H]3CC[C@H](C=CCCF)CC3)CC2)cc1. The predicted octanol–water partition coefficient (Wildman–Crippen LogP) is 8.25. The van der Waals surface area contributed by atoms with Gasteiger partial charge in [-0.15, -0.1) is 0 Å². The molecule has 1 aromatic carbocycles. The minimum absolute atomic E-state index is 0.218. The lowest BCUT2D eigenvalue weighted by Gasteiger charge is -2.37. The van der Waals surface area contributed by atoms with Gasteiger partial charge < -0.3 is 4.74 Å². The first-order valence-electron chi connectivity index (χ1n) is 12.3. The van der Waals surface area contributed by atoms with Gasteiger partial charge in [0.25, 0.3) is 0 Å². The summed E-state index contributed by atoms with van der Waals surface area (Å²) in [6, 6.07) is 8.94. The van der Waals surface area contributed by atoms with Crippen molar-refractivity contribution in [2.24, 2.45) is 17.8 Å². The van der Waals surface area contributed by atoms with Crippen molar-refractivity contribution in [2.45, 2.75) is 89.9 Å². The summed E-state index contributed by atoms with van der Waals surface area (Å²) in [6.07, 6.45) is 19.4. The maximum atomic E-state index is 12.2. The number of benzene rings is 1. The van der Waals surface area contributed by atoms with E-state index in [1.54, 1.807) is 0 Å². The molecule has 0 aliphatic heterocycles. The van der Waals surface area contributed by atoms with Crippen LogP contribution in [0.5, 0.6) is 5.75 Å². The number of ether oxygens (including phenoxy) is 1. The Balaban J connectivity index is 1.38. The highest BCUT2D eigenvalue weighted by molar-refractivity contribution is 5.29. The van der Waals surface area contributed by atoms with Gasteiger partial charge in [0, 0.05) is 0 Å². The summed E-state index contributed by atoms with van der Waals surface area (Å²) in [5, 5.41) is 0. The monoisotopic (exact) mass is 400 g/mol. The van der Waals surface area contributed by atoms with Crippen LogP contribution < -0.4 is 4.74 Å². The fourth-order valence-electron chi connectivity index (χ4n) is 5.46. The van der Waals surface area contributed by atoms with Crippen LogP contribution in [0.1, 0.15) is 95.5 Å². The van der Waals surface area contributed by atoms with E-state index in [1.165, 1.54) is 69.8 Å². The second kappa shape index (κ2) is 12.4.